The fraction of sp³-hybridized carbons (Fsp3) is 0.526. The number of ether oxygens (including phenoxy) is 3. The minimum absolute atomic E-state index is 0.0226. The number of Topliss-reactive ketones (excluding diaryl/α,β-unsaturated/α-hetero) is 1. The van der Waals surface area contributed by atoms with Crippen LogP contribution in [-0.2, 0) is 23.8 Å². The maximum absolute atomic E-state index is 14.6. The summed E-state index contributed by atoms with van der Waals surface area (Å²) in [6.45, 7) is 7.12. The summed E-state index contributed by atoms with van der Waals surface area (Å²) in [7, 11) is 0. The number of hydrogen-bond donors (Lipinski definition) is 6. The average Bonchev–Trinajstić information content (AvgIpc) is 3.10. The van der Waals surface area contributed by atoms with Gasteiger partial charge in [0, 0.05) is 29.7 Å². The average molecular weight is 708 g/mol. The summed E-state index contributed by atoms with van der Waals surface area (Å²) in [4.78, 5) is 54.6. The molecule has 2 saturated carbocycles. The molecule has 1 amide bonds. The molecule has 274 valence electrons. The molecule has 0 aromatic heterocycles. The maximum atomic E-state index is 14.6. The molecule has 13 nitrogen and oxygen atoms in total. The smallest absolute Gasteiger partial charge is 0.338 e. The molecule has 6 N–H and O–H groups in total. The second-order valence-electron chi connectivity index (χ2n) is 15.1. The Morgan fingerprint density at radius 2 is 1.53 bits per heavy atom. The molecule has 1 saturated heterocycles. The zero-order valence-electron chi connectivity index (χ0n) is 29.1. The van der Waals surface area contributed by atoms with Gasteiger partial charge in [-0.25, -0.2) is 9.59 Å². The molecule has 13 heteroatoms. The number of carbonyl (C=O) groups is 4. The van der Waals surface area contributed by atoms with E-state index in [1.54, 1.807) is 62.4 Å². The molecule has 3 fully saturated rings. The van der Waals surface area contributed by atoms with Gasteiger partial charge in [0.15, 0.2) is 11.9 Å². The van der Waals surface area contributed by atoms with E-state index in [1.807, 2.05) is 0 Å². The van der Waals surface area contributed by atoms with Crippen LogP contribution in [0.1, 0.15) is 68.2 Å². The van der Waals surface area contributed by atoms with Gasteiger partial charge in [-0.3, -0.25) is 9.59 Å². The lowest BCUT2D eigenvalue weighted by Gasteiger charge is -2.66. The van der Waals surface area contributed by atoms with Crippen molar-refractivity contribution in [1.29, 1.82) is 0 Å². The highest BCUT2D eigenvalue weighted by Gasteiger charge is 2.76. The number of rotatable bonds is 7. The molecule has 1 heterocycles. The van der Waals surface area contributed by atoms with Crippen molar-refractivity contribution in [3.05, 3.63) is 82.9 Å². The third-order valence-corrected chi connectivity index (χ3v) is 12.0. The number of ketones is 1. The highest BCUT2D eigenvalue weighted by atomic mass is 16.6. The lowest BCUT2D eigenvalue weighted by molar-refractivity contribution is -0.343. The van der Waals surface area contributed by atoms with Crippen LogP contribution in [0, 0.1) is 16.7 Å². The second kappa shape index (κ2) is 12.9. The van der Waals surface area contributed by atoms with Gasteiger partial charge in [0.2, 0.25) is 0 Å². The van der Waals surface area contributed by atoms with Gasteiger partial charge in [0.1, 0.15) is 29.5 Å². The Morgan fingerprint density at radius 3 is 2.10 bits per heavy atom. The summed E-state index contributed by atoms with van der Waals surface area (Å²) >= 11 is 0. The van der Waals surface area contributed by atoms with E-state index < -0.39 is 101 Å². The third-order valence-electron chi connectivity index (χ3n) is 12.0. The molecule has 51 heavy (non-hydrogen) atoms. The summed E-state index contributed by atoms with van der Waals surface area (Å²) < 4.78 is 17.6. The van der Waals surface area contributed by atoms with Crippen LogP contribution in [0.25, 0.3) is 0 Å². The predicted molar refractivity (Wildman–Crippen MR) is 179 cm³/mol. The Morgan fingerprint density at radius 1 is 0.941 bits per heavy atom. The van der Waals surface area contributed by atoms with Gasteiger partial charge in [-0.1, -0.05) is 50.2 Å². The minimum atomic E-state index is -2.27. The van der Waals surface area contributed by atoms with Gasteiger partial charge in [-0.2, -0.15) is 0 Å². The molecular formula is C38H45NO12. The summed E-state index contributed by atoms with van der Waals surface area (Å²) in [5, 5.41) is 62.3. The van der Waals surface area contributed by atoms with E-state index in [0.717, 1.165) is 0 Å². The quantitative estimate of drug-likeness (QED) is 0.178. The van der Waals surface area contributed by atoms with Crippen molar-refractivity contribution in [2.24, 2.45) is 16.7 Å². The molecule has 2 aromatic carbocycles. The predicted octanol–water partition coefficient (Wildman–Crippen LogP) is 1.24. The molecule has 2 aromatic rings. The maximum Gasteiger partial charge on any atom is 0.338 e. The number of benzene rings is 2. The van der Waals surface area contributed by atoms with Gasteiger partial charge in [0.25, 0.3) is 5.91 Å². The van der Waals surface area contributed by atoms with E-state index in [1.165, 1.54) is 32.9 Å². The van der Waals surface area contributed by atoms with Crippen molar-refractivity contribution in [3.63, 3.8) is 0 Å². The second-order valence-corrected chi connectivity index (χ2v) is 15.1. The SMILES string of the molecule is CC1=C2C(O)C(=O)[C@]3(C)C(O)CC4OC[C@@]4(O)C3C(OC(=O)c3ccccc3)C(O)(CC1OC(=O)C(O)C(C)NC(=O)c1ccccc1)C2(C)C. The number of nitrogens with one attached hydrogen (secondary N) is 1. The Bertz CT molecular complexity index is 1750. The van der Waals surface area contributed by atoms with Crippen LogP contribution in [0.5, 0.6) is 0 Å². The van der Waals surface area contributed by atoms with Crippen LogP contribution in [-0.4, -0.2) is 110 Å². The topological polar surface area (TPSA) is 209 Å². The van der Waals surface area contributed by atoms with E-state index in [9.17, 15) is 44.7 Å². The minimum Gasteiger partial charge on any atom is -0.456 e. The monoisotopic (exact) mass is 707 g/mol. The highest BCUT2D eigenvalue weighted by Crippen LogP contribution is 2.63. The number of fused-ring (bicyclic) bond motifs is 5. The van der Waals surface area contributed by atoms with Gasteiger partial charge >= 0.3 is 11.9 Å². The van der Waals surface area contributed by atoms with Crippen LogP contribution in [0.4, 0.5) is 0 Å². The molecule has 1 aliphatic heterocycles. The highest BCUT2D eigenvalue weighted by molar-refractivity contribution is 5.95. The van der Waals surface area contributed by atoms with Crippen molar-refractivity contribution in [1.82, 2.24) is 5.32 Å². The zero-order chi connectivity index (χ0) is 37.3. The number of aliphatic hydroxyl groups is 5. The number of aliphatic hydroxyl groups excluding tert-OH is 3. The van der Waals surface area contributed by atoms with E-state index in [0.29, 0.717) is 5.56 Å². The van der Waals surface area contributed by atoms with Crippen molar-refractivity contribution in [2.75, 3.05) is 6.61 Å². The van der Waals surface area contributed by atoms with E-state index >= 15 is 0 Å². The summed E-state index contributed by atoms with van der Waals surface area (Å²) in [6, 6.07) is 15.0. The lowest BCUT2D eigenvalue weighted by atomic mass is 9.44. The number of hydrogen-bond acceptors (Lipinski definition) is 12. The molecule has 2 bridgehead atoms. The first-order chi connectivity index (χ1) is 23.9. The molecular weight excluding hydrogens is 662 g/mol. The lowest BCUT2D eigenvalue weighted by Crippen LogP contribution is -2.81. The first-order valence-corrected chi connectivity index (χ1v) is 17.1. The Labute approximate surface area is 295 Å². The summed E-state index contributed by atoms with van der Waals surface area (Å²) in [6.07, 6.45) is -9.99. The van der Waals surface area contributed by atoms with Crippen molar-refractivity contribution in [2.45, 2.75) is 101 Å². The zero-order valence-corrected chi connectivity index (χ0v) is 29.1. The van der Waals surface area contributed by atoms with E-state index in [4.69, 9.17) is 14.2 Å². The van der Waals surface area contributed by atoms with Crippen molar-refractivity contribution < 1.29 is 58.9 Å². The molecule has 11 atom stereocenters. The summed E-state index contributed by atoms with van der Waals surface area (Å²) in [5.41, 5.74) is -7.06. The van der Waals surface area contributed by atoms with Crippen molar-refractivity contribution in [3.8, 4) is 0 Å². The van der Waals surface area contributed by atoms with Crippen LogP contribution in [0.15, 0.2) is 71.8 Å². The number of amides is 1. The van der Waals surface area contributed by atoms with Crippen molar-refractivity contribution >= 4 is 23.6 Å². The Balaban J connectivity index is 1.42. The van der Waals surface area contributed by atoms with Crippen LogP contribution < -0.4 is 5.32 Å². The fourth-order valence-corrected chi connectivity index (χ4v) is 8.75. The van der Waals surface area contributed by atoms with Gasteiger partial charge in [0.05, 0.1) is 35.8 Å². The van der Waals surface area contributed by atoms with Gasteiger partial charge in [-0.05, 0) is 56.2 Å². The van der Waals surface area contributed by atoms with E-state index in [-0.39, 0.29) is 29.7 Å². The summed E-state index contributed by atoms with van der Waals surface area (Å²) in [5.74, 6) is -4.97. The van der Waals surface area contributed by atoms with Gasteiger partial charge in [-0.15, -0.1) is 0 Å². The number of esters is 2. The molecule has 3 aliphatic carbocycles. The normalized spacial score (nSPS) is 36.5. The van der Waals surface area contributed by atoms with Crippen LogP contribution in [0.3, 0.4) is 0 Å². The molecule has 4 aliphatic rings. The first kappa shape index (κ1) is 36.8. The Hall–Kier alpha value is -3.98. The fourth-order valence-electron chi connectivity index (χ4n) is 8.75. The molecule has 6 rings (SSSR count). The first-order valence-electron chi connectivity index (χ1n) is 17.1. The molecule has 9 unspecified atom stereocenters. The van der Waals surface area contributed by atoms with E-state index in [2.05, 4.69) is 5.32 Å². The number of carbonyl (C=O) groups excluding carboxylic acids is 4. The third kappa shape index (κ3) is 5.62. The molecule has 0 spiro atoms. The Kier molecular flexibility index (Phi) is 9.31. The van der Waals surface area contributed by atoms with Gasteiger partial charge < -0.3 is 45.1 Å². The molecule has 0 radical (unpaired) electrons. The van der Waals surface area contributed by atoms with Crippen LogP contribution in [0.2, 0.25) is 0 Å². The standard InChI is InChI=1S/C38H45NO12/c1-19-23(50-34(46)27(41)20(2)39-32(44)21-12-8-6-9-13-21)17-38(48)31(51-33(45)22-14-10-7-11-15-22)29-36(5,24(40)16-25-37(29,47)18-49-25)30(43)28(42)26(19)35(38,3)4/h6-15,20,23-25,27-29,31,40-42,47-48H,16-18H2,1-5H3,(H,39,44)/t20?,23?,24?,25?,27?,28?,29?,31?,36-,37+,38?/m1/s1. The largest absolute Gasteiger partial charge is 0.456 e. The van der Waals surface area contributed by atoms with Crippen LogP contribution >= 0.6 is 0 Å².